The number of amides is 2. The molecule has 0 aromatic heterocycles. The third-order valence-corrected chi connectivity index (χ3v) is 4.83. The molecular formula is C20H33N3O2. The molecule has 1 rings (SSSR count). The maximum absolute atomic E-state index is 12.9. The summed E-state index contributed by atoms with van der Waals surface area (Å²) in [5.41, 5.74) is 6.64. The van der Waals surface area contributed by atoms with E-state index in [0.29, 0.717) is 18.0 Å². The SMILES string of the molecule is CCC(C)C(NC(=O)c1ccccc1)C(=O)N(C)CCC(N)C(C)C. The Bertz CT molecular complexity index is 545. The van der Waals surface area contributed by atoms with Crippen LogP contribution in [0.2, 0.25) is 0 Å². The molecule has 0 radical (unpaired) electrons. The van der Waals surface area contributed by atoms with Crippen LogP contribution in [0.4, 0.5) is 0 Å². The summed E-state index contributed by atoms with van der Waals surface area (Å²) < 4.78 is 0. The van der Waals surface area contributed by atoms with Gasteiger partial charge in [0, 0.05) is 25.2 Å². The van der Waals surface area contributed by atoms with Crippen LogP contribution in [0.3, 0.4) is 0 Å². The predicted molar refractivity (Wildman–Crippen MR) is 102 cm³/mol. The number of hydrogen-bond acceptors (Lipinski definition) is 3. The molecule has 0 aliphatic carbocycles. The minimum absolute atomic E-state index is 0.0568. The van der Waals surface area contributed by atoms with Crippen molar-refractivity contribution < 1.29 is 9.59 Å². The first-order valence-electron chi connectivity index (χ1n) is 9.14. The third kappa shape index (κ3) is 6.50. The van der Waals surface area contributed by atoms with Gasteiger partial charge in [0.05, 0.1) is 0 Å². The van der Waals surface area contributed by atoms with Crippen molar-refractivity contribution in [3.8, 4) is 0 Å². The summed E-state index contributed by atoms with van der Waals surface area (Å²) >= 11 is 0. The Labute approximate surface area is 152 Å². The van der Waals surface area contributed by atoms with Crippen molar-refractivity contribution in [1.29, 1.82) is 0 Å². The lowest BCUT2D eigenvalue weighted by atomic mass is 9.96. The average Bonchev–Trinajstić information content (AvgIpc) is 2.62. The van der Waals surface area contributed by atoms with E-state index in [1.807, 2.05) is 32.0 Å². The summed E-state index contributed by atoms with van der Waals surface area (Å²) in [7, 11) is 1.78. The first-order valence-corrected chi connectivity index (χ1v) is 9.14. The van der Waals surface area contributed by atoms with Crippen LogP contribution in [0, 0.1) is 11.8 Å². The molecule has 0 heterocycles. The Balaban J connectivity index is 2.77. The monoisotopic (exact) mass is 347 g/mol. The van der Waals surface area contributed by atoms with E-state index in [1.165, 1.54) is 0 Å². The Hall–Kier alpha value is -1.88. The molecule has 1 aromatic rings. The number of nitrogens with one attached hydrogen (secondary N) is 1. The molecule has 0 aliphatic heterocycles. The Morgan fingerprint density at radius 3 is 2.28 bits per heavy atom. The van der Waals surface area contributed by atoms with Crippen molar-refractivity contribution in [2.24, 2.45) is 17.6 Å². The molecule has 25 heavy (non-hydrogen) atoms. The second-order valence-electron chi connectivity index (χ2n) is 7.16. The van der Waals surface area contributed by atoms with Crippen LogP contribution in [-0.2, 0) is 4.79 Å². The highest BCUT2D eigenvalue weighted by Gasteiger charge is 2.28. The molecule has 5 heteroatoms. The molecule has 140 valence electrons. The second-order valence-corrected chi connectivity index (χ2v) is 7.16. The molecule has 3 unspecified atom stereocenters. The average molecular weight is 348 g/mol. The van der Waals surface area contributed by atoms with E-state index < -0.39 is 6.04 Å². The molecule has 0 spiro atoms. The van der Waals surface area contributed by atoms with E-state index in [9.17, 15) is 9.59 Å². The lowest BCUT2D eigenvalue weighted by Crippen LogP contribution is -2.51. The molecular weight excluding hydrogens is 314 g/mol. The zero-order chi connectivity index (χ0) is 19.0. The maximum atomic E-state index is 12.9. The van der Waals surface area contributed by atoms with Gasteiger partial charge in [0.2, 0.25) is 5.91 Å². The summed E-state index contributed by atoms with van der Waals surface area (Å²) in [6.07, 6.45) is 1.56. The predicted octanol–water partition coefficient (Wildman–Crippen LogP) is 2.66. The van der Waals surface area contributed by atoms with Crippen molar-refractivity contribution >= 4 is 11.8 Å². The second kappa shape index (κ2) is 10.2. The number of carbonyl (C=O) groups is 2. The van der Waals surface area contributed by atoms with Gasteiger partial charge in [-0.1, -0.05) is 52.3 Å². The molecule has 2 amide bonds. The van der Waals surface area contributed by atoms with E-state index in [4.69, 9.17) is 5.73 Å². The maximum Gasteiger partial charge on any atom is 0.251 e. The van der Waals surface area contributed by atoms with Crippen LogP contribution in [0.5, 0.6) is 0 Å². The minimum Gasteiger partial charge on any atom is -0.344 e. The zero-order valence-electron chi connectivity index (χ0n) is 16.2. The highest BCUT2D eigenvalue weighted by Crippen LogP contribution is 2.13. The van der Waals surface area contributed by atoms with Crippen molar-refractivity contribution in [2.75, 3.05) is 13.6 Å². The van der Waals surface area contributed by atoms with Crippen LogP contribution in [0.25, 0.3) is 0 Å². The first kappa shape index (κ1) is 21.2. The topological polar surface area (TPSA) is 75.4 Å². The highest BCUT2D eigenvalue weighted by molar-refractivity contribution is 5.97. The summed E-state index contributed by atoms with van der Waals surface area (Å²) in [5.74, 6) is 0.161. The fourth-order valence-corrected chi connectivity index (χ4v) is 2.52. The lowest BCUT2D eigenvalue weighted by Gasteiger charge is -2.29. The van der Waals surface area contributed by atoms with E-state index in [1.54, 1.807) is 24.1 Å². The molecule has 5 nitrogen and oxygen atoms in total. The van der Waals surface area contributed by atoms with E-state index >= 15 is 0 Å². The van der Waals surface area contributed by atoms with Gasteiger partial charge in [-0.15, -0.1) is 0 Å². The standard InChI is InChI=1S/C20H33N3O2/c1-6-15(4)18(22-19(24)16-10-8-7-9-11-16)20(25)23(5)13-12-17(21)14(2)3/h7-11,14-15,17-18H,6,12-13,21H2,1-5H3,(H,22,24). The van der Waals surface area contributed by atoms with Crippen LogP contribution < -0.4 is 11.1 Å². The molecule has 3 atom stereocenters. The number of nitrogens with two attached hydrogens (primary N) is 1. The smallest absolute Gasteiger partial charge is 0.251 e. The van der Waals surface area contributed by atoms with Crippen LogP contribution in [0.15, 0.2) is 30.3 Å². The fraction of sp³-hybridized carbons (Fsp3) is 0.600. The van der Waals surface area contributed by atoms with Gasteiger partial charge >= 0.3 is 0 Å². The Morgan fingerprint density at radius 1 is 1.16 bits per heavy atom. The van der Waals surface area contributed by atoms with Crippen LogP contribution >= 0.6 is 0 Å². The summed E-state index contributed by atoms with van der Waals surface area (Å²) in [4.78, 5) is 27.0. The lowest BCUT2D eigenvalue weighted by molar-refractivity contribution is -0.133. The van der Waals surface area contributed by atoms with E-state index in [0.717, 1.165) is 12.8 Å². The van der Waals surface area contributed by atoms with Gasteiger partial charge in [-0.05, 0) is 30.4 Å². The normalized spacial score (nSPS) is 14.7. The molecule has 0 saturated carbocycles. The number of likely N-dealkylation sites (N-methyl/N-ethyl adjacent to an activating group) is 1. The third-order valence-electron chi connectivity index (χ3n) is 4.83. The molecule has 0 saturated heterocycles. The van der Waals surface area contributed by atoms with Gasteiger partial charge in [-0.3, -0.25) is 9.59 Å². The van der Waals surface area contributed by atoms with Gasteiger partial charge in [-0.25, -0.2) is 0 Å². The van der Waals surface area contributed by atoms with Gasteiger partial charge in [-0.2, -0.15) is 0 Å². The quantitative estimate of drug-likeness (QED) is 0.721. The van der Waals surface area contributed by atoms with Crippen molar-refractivity contribution in [3.05, 3.63) is 35.9 Å². The minimum atomic E-state index is -0.530. The van der Waals surface area contributed by atoms with Crippen molar-refractivity contribution in [2.45, 2.75) is 52.6 Å². The Morgan fingerprint density at radius 2 is 1.76 bits per heavy atom. The van der Waals surface area contributed by atoms with Gasteiger partial charge in [0.15, 0.2) is 0 Å². The number of hydrogen-bond donors (Lipinski definition) is 2. The Kier molecular flexibility index (Phi) is 8.62. The number of nitrogens with zero attached hydrogens (tertiary/aromatic N) is 1. The molecule has 0 aliphatic rings. The van der Waals surface area contributed by atoms with Crippen LogP contribution in [0.1, 0.15) is 50.9 Å². The molecule has 0 bridgehead atoms. The highest BCUT2D eigenvalue weighted by atomic mass is 16.2. The van der Waals surface area contributed by atoms with Gasteiger partial charge in [0.1, 0.15) is 6.04 Å². The number of rotatable bonds is 9. The molecule has 3 N–H and O–H groups in total. The van der Waals surface area contributed by atoms with Gasteiger partial charge < -0.3 is 16.0 Å². The van der Waals surface area contributed by atoms with E-state index in [-0.39, 0.29) is 23.8 Å². The zero-order valence-corrected chi connectivity index (χ0v) is 16.2. The van der Waals surface area contributed by atoms with Gasteiger partial charge in [0.25, 0.3) is 5.91 Å². The first-order chi connectivity index (χ1) is 11.8. The molecule has 1 aromatic carbocycles. The van der Waals surface area contributed by atoms with Crippen LogP contribution in [-0.4, -0.2) is 42.4 Å². The van der Waals surface area contributed by atoms with E-state index in [2.05, 4.69) is 19.2 Å². The molecule has 0 fully saturated rings. The summed E-state index contributed by atoms with van der Waals surface area (Å²) in [5, 5.41) is 2.91. The number of benzene rings is 1. The van der Waals surface area contributed by atoms with Crippen molar-refractivity contribution in [3.63, 3.8) is 0 Å². The summed E-state index contributed by atoms with van der Waals surface area (Å²) in [6.45, 7) is 8.76. The summed E-state index contributed by atoms with van der Waals surface area (Å²) in [6, 6.07) is 8.52. The fourth-order valence-electron chi connectivity index (χ4n) is 2.52. The van der Waals surface area contributed by atoms with Crippen molar-refractivity contribution in [1.82, 2.24) is 10.2 Å². The number of carbonyl (C=O) groups excluding carboxylic acids is 2. The largest absolute Gasteiger partial charge is 0.344 e.